The summed E-state index contributed by atoms with van der Waals surface area (Å²) in [5.41, 5.74) is 1.17. The molecule has 2 aromatic rings. The molecule has 0 atom stereocenters. The van der Waals surface area contributed by atoms with Crippen molar-refractivity contribution in [2.24, 2.45) is 0 Å². The summed E-state index contributed by atoms with van der Waals surface area (Å²) < 4.78 is 5.48. The van der Waals surface area contributed by atoms with Gasteiger partial charge in [0, 0.05) is 13.1 Å². The number of fused-ring (bicyclic) bond motifs is 1. The lowest BCUT2D eigenvalue weighted by molar-refractivity contribution is 0.241. The molecule has 114 valence electrons. The number of carbonyl (C=O) groups is 1. The monoisotopic (exact) mass is 296 g/mol. The summed E-state index contributed by atoms with van der Waals surface area (Å²) in [4.78, 5) is 11.4. The number of benzene rings is 2. The highest BCUT2D eigenvalue weighted by Crippen LogP contribution is 2.24. The van der Waals surface area contributed by atoms with Crippen molar-refractivity contribution in [3.63, 3.8) is 0 Å². The number of ether oxygens (including phenoxy) is 1. The van der Waals surface area contributed by atoms with E-state index in [-0.39, 0.29) is 12.6 Å². The third-order valence-corrected chi connectivity index (χ3v) is 3.28. The van der Waals surface area contributed by atoms with Gasteiger partial charge in [-0.3, -0.25) is 0 Å². The number of urea groups is 1. The number of terminal acetylenes is 1. The zero-order valence-corrected chi connectivity index (χ0v) is 12.7. The molecule has 0 aliphatic carbocycles. The molecule has 0 aromatic heterocycles. The lowest BCUT2D eigenvalue weighted by atomic mass is 10.0. The second kappa shape index (κ2) is 7.94. The van der Waals surface area contributed by atoms with E-state index in [0.717, 1.165) is 22.9 Å². The summed E-state index contributed by atoms with van der Waals surface area (Å²) in [5.74, 6) is 3.22. The molecule has 0 spiro atoms. The Morgan fingerprint density at radius 2 is 2.14 bits per heavy atom. The van der Waals surface area contributed by atoms with Crippen LogP contribution < -0.4 is 15.4 Å². The highest BCUT2D eigenvalue weighted by atomic mass is 16.5. The minimum atomic E-state index is -0.138. The van der Waals surface area contributed by atoms with Crippen molar-refractivity contribution >= 4 is 16.8 Å². The standard InChI is InChI=1S/C18H20N2O2/c1-3-12-22-16-9-8-14-6-5-7-15(17(14)13-16)10-11-20-18(21)19-4-2/h1,5-9,13H,4,10-12H2,2H3,(H2,19,20,21). The van der Waals surface area contributed by atoms with Gasteiger partial charge in [-0.25, -0.2) is 4.79 Å². The maximum atomic E-state index is 11.4. The van der Waals surface area contributed by atoms with Crippen LogP contribution in [0, 0.1) is 12.3 Å². The van der Waals surface area contributed by atoms with Crippen molar-refractivity contribution in [2.45, 2.75) is 13.3 Å². The maximum Gasteiger partial charge on any atom is 0.314 e. The zero-order chi connectivity index (χ0) is 15.8. The van der Waals surface area contributed by atoms with E-state index in [2.05, 4.69) is 28.7 Å². The summed E-state index contributed by atoms with van der Waals surface area (Å²) in [6.45, 7) is 3.35. The average molecular weight is 296 g/mol. The molecule has 4 nitrogen and oxygen atoms in total. The van der Waals surface area contributed by atoms with E-state index in [1.807, 2.05) is 31.2 Å². The summed E-state index contributed by atoms with van der Waals surface area (Å²) in [6, 6.07) is 11.9. The number of hydrogen-bond acceptors (Lipinski definition) is 2. The molecule has 0 unspecified atom stereocenters. The van der Waals surface area contributed by atoms with Crippen LogP contribution in [0.4, 0.5) is 4.79 Å². The number of hydrogen-bond donors (Lipinski definition) is 2. The number of rotatable bonds is 6. The minimum Gasteiger partial charge on any atom is -0.481 e. The normalized spacial score (nSPS) is 10.0. The fourth-order valence-electron chi connectivity index (χ4n) is 2.28. The van der Waals surface area contributed by atoms with Crippen molar-refractivity contribution in [2.75, 3.05) is 19.7 Å². The average Bonchev–Trinajstić information content (AvgIpc) is 2.53. The van der Waals surface area contributed by atoms with Gasteiger partial charge in [0.2, 0.25) is 0 Å². The SMILES string of the molecule is C#CCOc1ccc2cccc(CCNC(=O)NCC)c2c1. The lowest BCUT2D eigenvalue weighted by Crippen LogP contribution is -2.36. The van der Waals surface area contributed by atoms with Gasteiger partial charge < -0.3 is 15.4 Å². The van der Waals surface area contributed by atoms with Crippen molar-refractivity contribution < 1.29 is 9.53 Å². The Hall–Kier alpha value is -2.67. The van der Waals surface area contributed by atoms with E-state index in [0.29, 0.717) is 13.1 Å². The van der Waals surface area contributed by atoms with E-state index >= 15 is 0 Å². The fraction of sp³-hybridized carbons (Fsp3) is 0.278. The molecule has 0 radical (unpaired) electrons. The van der Waals surface area contributed by atoms with Gasteiger partial charge in [0.05, 0.1) is 0 Å². The number of carbonyl (C=O) groups excluding carboxylic acids is 1. The zero-order valence-electron chi connectivity index (χ0n) is 12.7. The lowest BCUT2D eigenvalue weighted by Gasteiger charge is -2.10. The van der Waals surface area contributed by atoms with E-state index in [9.17, 15) is 4.79 Å². The van der Waals surface area contributed by atoms with Crippen LogP contribution in [0.5, 0.6) is 5.75 Å². The maximum absolute atomic E-state index is 11.4. The fourth-order valence-corrected chi connectivity index (χ4v) is 2.28. The van der Waals surface area contributed by atoms with Crippen LogP contribution in [0.2, 0.25) is 0 Å². The number of nitrogens with one attached hydrogen (secondary N) is 2. The molecule has 0 saturated heterocycles. The minimum absolute atomic E-state index is 0.138. The van der Waals surface area contributed by atoms with Crippen LogP contribution in [0.25, 0.3) is 10.8 Å². The first-order chi connectivity index (χ1) is 10.7. The third kappa shape index (κ3) is 4.16. The summed E-state index contributed by atoms with van der Waals surface area (Å²) >= 11 is 0. The largest absolute Gasteiger partial charge is 0.481 e. The topological polar surface area (TPSA) is 50.4 Å². The van der Waals surface area contributed by atoms with Crippen molar-refractivity contribution in [1.29, 1.82) is 0 Å². The van der Waals surface area contributed by atoms with Gasteiger partial charge in [0.15, 0.2) is 0 Å². The predicted molar refractivity (Wildman–Crippen MR) is 89.1 cm³/mol. The molecule has 0 aliphatic rings. The van der Waals surface area contributed by atoms with Gasteiger partial charge in [0.25, 0.3) is 0 Å². The molecule has 0 aliphatic heterocycles. The molecule has 2 rings (SSSR count). The smallest absolute Gasteiger partial charge is 0.314 e. The molecule has 22 heavy (non-hydrogen) atoms. The van der Waals surface area contributed by atoms with Crippen LogP contribution in [-0.4, -0.2) is 25.7 Å². The van der Waals surface area contributed by atoms with Crippen LogP contribution in [0.15, 0.2) is 36.4 Å². The Labute approximate surface area is 130 Å². The van der Waals surface area contributed by atoms with Gasteiger partial charge >= 0.3 is 6.03 Å². The van der Waals surface area contributed by atoms with Gasteiger partial charge in [-0.05, 0) is 41.8 Å². The first kappa shape index (κ1) is 15.7. The van der Waals surface area contributed by atoms with E-state index in [1.54, 1.807) is 0 Å². The van der Waals surface area contributed by atoms with Gasteiger partial charge in [0.1, 0.15) is 12.4 Å². The first-order valence-electron chi connectivity index (χ1n) is 7.34. The van der Waals surface area contributed by atoms with E-state index < -0.39 is 0 Å². The third-order valence-electron chi connectivity index (χ3n) is 3.28. The Bertz CT molecular complexity index is 689. The molecule has 2 N–H and O–H groups in total. The number of amides is 2. The van der Waals surface area contributed by atoms with Crippen LogP contribution >= 0.6 is 0 Å². The highest BCUT2D eigenvalue weighted by molar-refractivity contribution is 5.87. The van der Waals surface area contributed by atoms with Crippen molar-refractivity contribution in [3.8, 4) is 18.1 Å². The van der Waals surface area contributed by atoms with Gasteiger partial charge in [-0.2, -0.15) is 0 Å². The summed E-state index contributed by atoms with van der Waals surface area (Å²) in [6.07, 6.45) is 5.97. The quantitative estimate of drug-likeness (QED) is 0.805. The van der Waals surface area contributed by atoms with Crippen LogP contribution in [-0.2, 0) is 6.42 Å². The van der Waals surface area contributed by atoms with E-state index in [4.69, 9.17) is 11.2 Å². The molecule has 0 saturated carbocycles. The van der Waals surface area contributed by atoms with Crippen molar-refractivity contribution in [3.05, 3.63) is 42.0 Å². The molecule has 0 fully saturated rings. The molecule has 0 heterocycles. The second-order valence-corrected chi connectivity index (χ2v) is 4.83. The van der Waals surface area contributed by atoms with Crippen LogP contribution in [0.3, 0.4) is 0 Å². The Balaban J connectivity index is 2.11. The Kier molecular flexibility index (Phi) is 5.67. The molecule has 4 heteroatoms. The molecular formula is C18H20N2O2. The highest BCUT2D eigenvalue weighted by Gasteiger charge is 2.04. The van der Waals surface area contributed by atoms with Gasteiger partial charge in [-0.15, -0.1) is 6.42 Å². The summed E-state index contributed by atoms with van der Waals surface area (Å²) in [7, 11) is 0. The van der Waals surface area contributed by atoms with Gasteiger partial charge in [-0.1, -0.05) is 30.2 Å². The second-order valence-electron chi connectivity index (χ2n) is 4.83. The van der Waals surface area contributed by atoms with E-state index in [1.165, 1.54) is 5.56 Å². The molecule has 2 amide bonds. The molecule has 0 bridgehead atoms. The molecular weight excluding hydrogens is 276 g/mol. The van der Waals surface area contributed by atoms with Crippen molar-refractivity contribution in [1.82, 2.24) is 10.6 Å². The van der Waals surface area contributed by atoms with Crippen LogP contribution in [0.1, 0.15) is 12.5 Å². The Morgan fingerprint density at radius 3 is 2.91 bits per heavy atom. The summed E-state index contributed by atoms with van der Waals surface area (Å²) in [5, 5.41) is 7.81. The first-order valence-corrected chi connectivity index (χ1v) is 7.34. The molecule has 2 aromatic carbocycles. The Morgan fingerprint density at radius 1 is 1.27 bits per heavy atom. The predicted octanol–water partition coefficient (Wildman–Crippen LogP) is 2.71.